The van der Waals surface area contributed by atoms with Gasteiger partial charge in [-0.15, -0.1) is 12.4 Å². The van der Waals surface area contributed by atoms with Gasteiger partial charge in [-0.1, -0.05) is 6.92 Å². The van der Waals surface area contributed by atoms with Gasteiger partial charge in [-0.05, 0) is 18.7 Å². The lowest BCUT2D eigenvalue weighted by Gasteiger charge is -2.28. The highest BCUT2D eigenvalue weighted by molar-refractivity contribution is 7.99. The maximum atomic E-state index is 11.4. The van der Waals surface area contributed by atoms with E-state index in [0.717, 1.165) is 18.7 Å². The van der Waals surface area contributed by atoms with Gasteiger partial charge in [0.05, 0.1) is 17.9 Å². The van der Waals surface area contributed by atoms with E-state index < -0.39 is 6.10 Å². The van der Waals surface area contributed by atoms with Gasteiger partial charge in [-0.2, -0.15) is 11.8 Å². The van der Waals surface area contributed by atoms with Crippen LogP contribution in [0.5, 0.6) is 0 Å². The van der Waals surface area contributed by atoms with Crippen LogP contribution in [0.25, 0.3) is 0 Å². The highest BCUT2D eigenvalue weighted by Crippen LogP contribution is 2.04. The van der Waals surface area contributed by atoms with Crippen LogP contribution < -0.4 is 10.6 Å². The minimum absolute atomic E-state index is 0. The Morgan fingerprint density at radius 1 is 1.67 bits per heavy atom. The van der Waals surface area contributed by atoms with Crippen molar-refractivity contribution >= 4 is 30.1 Å². The first-order valence-corrected chi connectivity index (χ1v) is 6.15. The molecule has 1 aliphatic rings. The molecule has 1 saturated heterocycles. The van der Waals surface area contributed by atoms with Crippen LogP contribution in [0.1, 0.15) is 13.3 Å². The maximum Gasteiger partial charge on any atom is 0.230 e. The van der Waals surface area contributed by atoms with Gasteiger partial charge in [0.1, 0.15) is 0 Å². The van der Waals surface area contributed by atoms with Crippen molar-refractivity contribution in [3.8, 4) is 0 Å². The third-order valence-corrected chi connectivity index (χ3v) is 3.11. The Hall–Kier alpha value is 0.0300. The number of amides is 1. The van der Waals surface area contributed by atoms with Crippen LogP contribution in [0, 0.1) is 0 Å². The number of β-amino-alcohol motifs (C(OH)–C–C–N with tert-alkyl or cyclic N) is 1. The van der Waals surface area contributed by atoms with Crippen molar-refractivity contribution < 1.29 is 9.90 Å². The Bertz CT molecular complexity index is 195. The average Bonchev–Trinajstić information content (AvgIpc) is 2.18. The molecule has 0 spiro atoms. The number of carbonyl (C=O) groups is 1. The monoisotopic (exact) mass is 254 g/mol. The lowest BCUT2D eigenvalue weighted by molar-refractivity contribution is -0.120. The highest BCUT2D eigenvalue weighted by Gasteiger charge is 2.23. The van der Waals surface area contributed by atoms with Gasteiger partial charge in [-0.3, -0.25) is 4.79 Å². The van der Waals surface area contributed by atoms with E-state index in [1.807, 2.05) is 6.92 Å². The Kier molecular flexibility index (Phi) is 8.23. The predicted octanol–water partition coefficient (Wildman–Crippen LogP) is 0.000300. The topological polar surface area (TPSA) is 61.4 Å². The van der Waals surface area contributed by atoms with Crippen molar-refractivity contribution in [1.29, 1.82) is 0 Å². The molecule has 1 aliphatic heterocycles. The van der Waals surface area contributed by atoms with E-state index in [1.165, 1.54) is 0 Å². The van der Waals surface area contributed by atoms with Crippen LogP contribution >= 0.6 is 24.2 Å². The van der Waals surface area contributed by atoms with E-state index in [0.29, 0.717) is 12.3 Å². The molecule has 1 amide bonds. The fourth-order valence-corrected chi connectivity index (χ4v) is 1.93. The van der Waals surface area contributed by atoms with Gasteiger partial charge in [-0.25, -0.2) is 0 Å². The largest absolute Gasteiger partial charge is 0.390 e. The summed E-state index contributed by atoms with van der Waals surface area (Å²) in [5.74, 6) is 1.47. The van der Waals surface area contributed by atoms with E-state index in [1.54, 1.807) is 11.8 Å². The van der Waals surface area contributed by atoms with Gasteiger partial charge in [0.2, 0.25) is 5.91 Å². The second-order valence-corrected chi connectivity index (χ2v) is 4.65. The molecule has 0 unspecified atom stereocenters. The molecule has 0 aromatic rings. The lowest BCUT2D eigenvalue weighted by atomic mass is 10.0. The Morgan fingerprint density at radius 2 is 2.40 bits per heavy atom. The normalized spacial score (nSPS) is 25.5. The average molecular weight is 255 g/mol. The first kappa shape index (κ1) is 15.0. The summed E-state index contributed by atoms with van der Waals surface area (Å²) in [4.78, 5) is 11.4. The maximum absolute atomic E-state index is 11.4. The van der Waals surface area contributed by atoms with Gasteiger partial charge in [0.15, 0.2) is 0 Å². The van der Waals surface area contributed by atoms with Crippen LogP contribution in [0.3, 0.4) is 0 Å². The predicted molar refractivity (Wildman–Crippen MR) is 65.7 cm³/mol. The standard InChI is InChI=1S/C9H18N2O2S.ClH/c1-2-14-6-9(13)11-7-3-4-10-5-8(7)12;/h7-8,10,12H,2-6H2,1H3,(H,11,13);1H/t7-,8-;/m1./s1. The highest BCUT2D eigenvalue weighted by atomic mass is 35.5. The SMILES string of the molecule is CCSCC(=O)N[C@@H]1CCNC[C@H]1O.Cl. The fraction of sp³-hybridized carbons (Fsp3) is 0.889. The number of aliphatic hydroxyl groups is 1. The molecule has 2 atom stereocenters. The van der Waals surface area contributed by atoms with Crippen LogP contribution in [0.2, 0.25) is 0 Å². The number of piperidine rings is 1. The van der Waals surface area contributed by atoms with E-state index in [2.05, 4.69) is 10.6 Å². The molecular weight excluding hydrogens is 236 g/mol. The molecule has 3 N–H and O–H groups in total. The van der Waals surface area contributed by atoms with E-state index in [4.69, 9.17) is 0 Å². The van der Waals surface area contributed by atoms with E-state index in [9.17, 15) is 9.90 Å². The summed E-state index contributed by atoms with van der Waals surface area (Å²) < 4.78 is 0. The van der Waals surface area contributed by atoms with Crippen molar-refractivity contribution in [2.75, 3.05) is 24.6 Å². The second kappa shape index (κ2) is 8.21. The van der Waals surface area contributed by atoms with Crippen LogP contribution in [-0.2, 0) is 4.79 Å². The molecule has 4 nitrogen and oxygen atoms in total. The number of hydrogen-bond acceptors (Lipinski definition) is 4. The quantitative estimate of drug-likeness (QED) is 0.661. The summed E-state index contributed by atoms with van der Waals surface area (Å²) in [5, 5.41) is 15.5. The third-order valence-electron chi connectivity index (χ3n) is 2.23. The minimum atomic E-state index is -0.445. The lowest BCUT2D eigenvalue weighted by Crippen LogP contribution is -2.53. The number of carbonyl (C=O) groups excluding carboxylic acids is 1. The smallest absolute Gasteiger partial charge is 0.230 e. The Balaban J connectivity index is 0.00000196. The molecule has 0 bridgehead atoms. The first-order valence-electron chi connectivity index (χ1n) is 5.00. The summed E-state index contributed by atoms with van der Waals surface area (Å²) in [6, 6.07) is -0.0683. The number of halogens is 1. The van der Waals surface area contributed by atoms with Crippen molar-refractivity contribution in [2.24, 2.45) is 0 Å². The van der Waals surface area contributed by atoms with Crippen molar-refractivity contribution in [3.63, 3.8) is 0 Å². The number of aliphatic hydroxyl groups excluding tert-OH is 1. The molecule has 0 saturated carbocycles. The van der Waals surface area contributed by atoms with Gasteiger partial charge in [0.25, 0.3) is 0 Å². The summed E-state index contributed by atoms with van der Waals surface area (Å²) in [5.41, 5.74) is 0. The molecule has 0 aromatic heterocycles. The van der Waals surface area contributed by atoms with Gasteiger partial charge < -0.3 is 15.7 Å². The molecular formula is C9H19ClN2O2S. The summed E-state index contributed by atoms with van der Waals surface area (Å²) >= 11 is 1.60. The fourth-order valence-electron chi connectivity index (χ4n) is 1.45. The Labute approximate surface area is 101 Å². The molecule has 1 heterocycles. The molecule has 15 heavy (non-hydrogen) atoms. The number of nitrogens with one attached hydrogen (secondary N) is 2. The molecule has 0 radical (unpaired) electrons. The van der Waals surface area contributed by atoms with Crippen molar-refractivity contribution in [2.45, 2.75) is 25.5 Å². The van der Waals surface area contributed by atoms with Crippen LogP contribution in [-0.4, -0.2) is 47.8 Å². The zero-order chi connectivity index (χ0) is 10.4. The zero-order valence-corrected chi connectivity index (χ0v) is 10.5. The zero-order valence-electron chi connectivity index (χ0n) is 8.86. The van der Waals surface area contributed by atoms with Gasteiger partial charge >= 0.3 is 0 Å². The Morgan fingerprint density at radius 3 is 3.00 bits per heavy atom. The molecule has 0 aromatic carbocycles. The summed E-state index contributed by atoms with van der Waals surface area (Å²) in [6.07, 6.45) is 0.364. The molecule has 0 aliphatic carbocycles. The van der Waals surface area contributed by atoms with Crippen LogP contribution in [0.4, 0.5) is 0 Å². The van der Waals surface area contributed by atoms with E-state index in [-0.39, 0.29) is 24.4 Å². The van der Waals surface area contributed by atoms with Crippen molar-refractivity contribution in [3.05, 3.63) is 0 Å². The number of hydrogen-bond donors (Lipinski definition) is 3. The third kappa shape index (κ3) is 5.61. The molecule has 1 fully saturated rings. The summed E-state index contributed by atoms with van der Waals surface area (Å²) in [6.45, 7) is 3.46. The van der Waals surface area contributed by atoms with Gasteiger partial charge in [0, 0.05) is 6.54 Å². The summed E-state index contributed by atoms with van der Waals surface area (Å²) in [7, 11) is 0. The molecule has 6 heteroatoms. The second-order valence-electron chi connectivity index (χ2n) is 3.37. The van der Waals surface area contributed by atoms with E-state index >= 15 is 0 Å². The molecule has 90 valence electrons. The van der Waals surface area contributed by atoms with Crippen molar-refractivity contribution in [1.82, 2.24) is 10.6 Å². The number of thioether (sulfide) groups is 1. The molecule has 1 rings (SSSR count). The number of rotatable bonds is 4. The van der Waals surface area contributed by atoms with Crippen LogP contribution in [0.15, 0.2) is 0 Å². The minimum Gasteiger partial charge on any atom is -0.390 e. The first-order chi connectivity index (χ1) is 6.74.